The van der Waals surface area contributed by atoms with Crippen LogP contribution in [0.4, 0.5) is 28.8 Å². The molecule has 1 saturated heterocycles. The number of aryl methyl sites for hydroxylation is 1. The Labute approximate surface area is 167 Å². The molecule has 0 radical (unpaired) electrons. The number of hydrogen-bond donors (Lipinski definition) is 1. The maximum atomic E-state index is 4.71. The monoisotopic (exact) mass is 373 g/mol. The van der Waals surface area contributed by atoms with E-state index in [0.29, 0.717) is 5.95 Å². The van der Waals surface area contributed by atoms with Crippen LogP contribution in [0.1, 0.15) is 25.0 Å². The predicted octanol–water partition coefficient (Wildman–Crippen LogP) is 5.29. The molecule has 5 nitrogen and oxygen atoms in total. The van der Waals surface area contributed by atoms with Gasteiger partial charge in [0.25, 0.3) is 0 Å². The fourth-order valence-corrected chi connectivity index (χ4v) is 3.60. The van der Waals surface area contributed by atoms with Gasteiger partial charge in [-0.25, -0.2) is 4.98 Å². The van der Waals surface area contributed by atoms with Gasteiger partial charge in [0.2, 0.25) is 5.95 Å². The number of nitrogens with zero attached hydrogens (tertiary/aromatic N) is 4. The zero-order valence-corrected chi connectivity index (χ0v) is 16.6. The number of nitrogens with one attached hydrogen (secondary N) is 1. The lowest BCUT2D eigenvalue weighted by Crippen LogP contribution is -2.29. The number of hydrogen-bond acceptors (Lipinski definition) is 5. The molecule has 1 aromatic heterocycles. The Morgan fingerprint density at radius 2 is 1.61 bits per heavy atom. The molecule has 4 rings (SSSR count). The van der Waals surface area contributed by atoms with Crippen molar-refractivity contribution < 1.29 is 0 Å². The van der Waals surface area contributed by atoms with Gasteiger partial charge in [-0.2, -0.15) is 4.98 Å². The number of anilines is 5. The Balaban J connectivity index is 1.51. The lowest BCUT2D eigenvalue weighted by Gasteiger charge is -2.28. The summed E-state index contributed by atoms with van der Waals surface area (Å²) in [7, 11) is 2.02. The molecule has 2 heterocycles. The van der Waals surface area contributed by atoms with Crippen LogP contribution >= 0.6 is 0 Å². The Morgan fingerprint density at radius 1 is 0.893 bits per heavy atom. The van der Waals surface area contributed by atoms with Crippen LogP contribution in [0, 0.1) is 6.92 Å². The maximum absolute atomic E-state index is 4.71. The molecule has 0 spiro atoms. The van der Waals surface area contributed by atoms with Gasteiger partial charge in [-0.1, -0.05) is 18.2 Å². The summed E-state index contributed by atoms with van der Waals surface area (Å²) in [6, 6.07) is 20.8. The first-order valence-corrected chi connectivity index (χ1v) is 9.95. The van der Waals surface area contributed by atoms with E-state index in [-0.39, 0.29) is 0 Å². The first-order valence-electron chi connectivity index (χ1n) is 9.95. The average Bonchev–Trinajstić information content (AvgIpc) is 2.74. The molecular weight excluding hydrogens is 346 g/mol. The van der Waals surface area contributed by atoms with E-state index in [2.05, 4.69) is 56.5 Å². The van der Waals surface area contributed by atoms with E-state index < -0.39 is 0 Å². The van der Waals surface area contributed by atoms with Crippen molar-refractivity contribution in [2.75, 3.05) is 35.3 Å². The molecule has 1 N–H and O–H groups in total. The molecule has 3 aromatic rings. The van der Waals surface area contributed by atoms with E-state index >= 15 is 0 Å². The summed E-state index contributed by atoms with van der Waals surface area (Å²) in [6.45, 7) is 4.31. The molecule has 2 aromatic carbocycles. The number of piperidine rings is 1. The highest BCUT2D eigenvalue weighted by molar-refractivity contribution is 5.63. The van der Waals surface area contributed by atoms with Gasteiger partial charge in [0.15, 0.2) is 0 Å². The molecule has 1 aliphatic rings. The minimum Gasteiger partial charge on any atom is -0.372 e. The second kappa shape index (κ2) is 8.30. The van der Waals surface area contributed by atoms with Gasteiger partial charge in [-0.3, -0.25) is 0 Å². The zero-order valence-electron chi connectivity index (χ0n) is 16.6. The van der Waals surface area contributed by atoms with Gasteiger partial charge in [0.1, 0.15) is 5.82 Å². The Bertz CT molecular complexity index is 902. The highest BCUT2D eigenvalue weighted by Crippen LogP contribution is 2.25. The third-order valence-electron chi connectivity index (χ3n) is 5.17. The lowest BCUT2D eigenvalue weighted by atomic mass is 10.1. The molecule has 0 saturated carbocycles. The van der Waals surface area contributed by atoms with E-state index in [1.165, 1.54) is 24.9 Å². The SMILES string of the molecule is Cc1cc(N(C)c2ccccc2)nc(Nc2ccc(N3CCCCC3)cc2)n1. The van der Waals surface area contributed by atoms with Crippen molar-refractivity contribution in [2.24, 2.45) is 0 Å². The van der Waals surface area contributed by atoms with E-state index in [9.17, 15) is 0 Å². The van der Waals surface area contributed by atoms with Crippen LogP contribution in [0.25, 0.3) is 0 Å². The molecule has 1 fully saturated rings. The van der Waals surface area contributed by atoms with E-state index in [4.69, 9.17) is 4.98 Å². The van der Waals surface area contributed by atoms with Crippen molar-refractivity contribution in [3.05, 3.63) is 66.4 Å². The van der Waals surface area contributed by atoms with Crippen molar-refractivity contribution >= 4 is 28.8 Å². The highest BCUT2D eigenvalue weighted by Gasteiger charge is 2.12. The normalized spacial score (nSPS) is 14.0. The quantitative estimate of drug-likeness (QED) is 0.658. The second-order valence-corrected chi connectivity index (χ2v) is 7.31. The standard InChI is InChI=1S/C23H27N5/c1-18-17-22(27(2)20-9-5-3-6-10-20)26-23(24-18)25-19-11-13-21(14-12-19)28-15-7-4-8-16-28/h3,5-6,9-14,17H,4,7-8,15-16H2,1-2H3,(H,24,25,26). The zero-order chi connectivity index (χ0) is 19.3. The van der Waals surface area contributed by atoms with Crippen molar-refractivity contribution in [2.45, 2.75) is 26.2 Å². The van der Waals surface area contributed by atoms with Crippen molar-refractivity contribution in [1.29, 1.82) is 0 Å². The minimum absolute atomic E-state index is 0.614. The number of aromatic nitrogens is 2. The van der Waals surface area contributed by atoms with Crippen molar-refractivity contribution in [3.8, 4) is 0 Å². The number of para-hydroxylation sites is 1. The summed E-state index contributed by atoms with van der Waals surface area (Å²) >= 11 is 0. The molecule has 1 aliphatic heterocycles. The molecule has 144 valence electrons. The van der Waals surface area contributed by atoms with Crippen LogP contribution in [-0.2, 0) is 0 Å². The third-order valence-corrected chi connectivity index (χ3v) is 5.17. The van der Waals surface area contributed by atoms with E-state index in [1.807, 2.05) is 38.2 Å². The Morgan fingerprint density at radius 3 is 2.32 bits per heavy atom. The van der Waals surface area contributed by atoms with Crippen LogP contribution in [-0.4, -0.2) is 30.1 Å². The van der Waals surface area contributed by atoms with E-state index in [0.717, 1.165) is 36.0 Å². The van der Waals surface area contributed by atoms with Crippen molar-refractivity contribution in [1.82, 2.24) is 9.97 Å². The van der Waals surface area contributed by atoms with Gasteiger partial charge < -0.3 is 15.1 Å². The molecular formula is C23H27N5. The summed E-state index contributed by atoms with van der Waals surface area (Å²) in [5.74, 6) is 1.48. The highest BCUT2D eigenvalue weighted by atomic mass is 15.2. The number of rotatable bonds is 5. The molecule has 0 aliphatic carbocycles. The summed E-state index contributed by atoms with van der Waals surface area (Å²) in [5.41, 5.74) is 4.32. The summed E-state index contributed by atoms with van der Waals surface area (Å²) in [5, 5.41) is 3.35. The maximum Gasteiger partial charge on any atom is 0.229 e. The number of benzene rings is 2. The molecule has 5 heteroatoms. The summed E-state index contributed by atoms with van der Waals surface area (Å²) in [4.78, 5) is 13.8. The van der Waals surface area contributed by atoms with Crippen LogP contribution in [0.3, 0.4) is 0 Å². The van der Waals surface area contributed by atoms with Gasteiger partial charge in [-0.05, 0) is 62.6 Å². The topological polar surface area (TPSA) is 44.3 Å². The molecule has 0 atom stereocenters. The fourth-order valence-electron chi connectivity index (χ4n) is 3.60. The van der Waals surface area contributed by atoms with Gasteiger partial charge >= 0.3 is 0 Å². The molecule has 0 amide bonds. The van der Waals surface area contributed by atoms with Crippen LogP contribution in [0.2, 0.25) is 0 Å². The van der Waals surface area contributed by atoms with E-state index in [1.54, 1.807) is 0 Å². The first kappa shape index (κ1) is 18.3. The van der Waals surface area contributed by atoms with Crippen LogP contribution < -0.4 is 15.1 Å². The fraction of sp³-hybridized carbons (Fsp3) is 0.304. The van der Waals surface area contributed by atoms with Gasteiger partial charge in [-0.15, -0.1) is 0 Å². The smallest absolute Gasteiger partial charge is 0.229 e. The third kappa shape index (κ3) is 4.25. The first-order chi connectivity index (χ1) is 13.7. The molecule has 0 bridgehead atoms. The Hall–Kier alpha value is -3.08. The average molecular weight is 374 g/mol. The largest absolute Gasteiger partial charge is 0.372 e. The molecule has 0 unspecified atom stereocenters. The van der Waals surface area contributed by atoms with Gasteiger partial charge in [0, 0.05) is 49.0 Å². The predicted molar refractivity (Wildman–Crippen MR) is 117 cm³/mol. The molecule has 28 heavy (non-hydrogen) atoms. The summed E-state index contributed by atoms with van der Waals surface area (Å²) in [6.07, 6.45) is 3.92. The van der Waals surface area contributed by atoms with Gasteiger partial charge in [0.05, 0.1) is 0 Å². The Kier molecular flexibility index (Phi) is 5.42. The minimum atomic E-state index is 0.614. The lowest BCUT2D eigenvalue weighted by molar-refractivity contribution is 0.578. The van der Waals surface area contributed by atoms with Crippen LogP contribution in [0.15, 0.2) is 60.7 Å². The van der Waals surface area contributed by atoms with Crippen molar-refractivity contribution in [3.63, 3.8) is 0 Å². The summed E-state index contributed by atoms with van der Waals surface area (Å²) < 4.78 is 0. The van der Waals surface area contributed by atoms with Crippen LogP contribution in [0.5, 0.6) is 0 Å². The second-order valence-electron chi connectivity index (χ2n) is 7.31.